The van der Waals surface area contributed by atoms with E-state index in [2.05, 4.69) is 26.1 Å². The zero-order valence-corrected chi connectivity index (χ0v) is 24.7. The van der Waals surface area contributed by atoms with Crippen LogP contribution in [0.4, 0.5) is 4.39 Å². The lowest BCUT2D eigenvalue weighted by atomic mass is 10.1. The van der Waals surface area contributed by atoms with Crippen LogP contribution in [0.15, 0.2) is 99.6 Å². The fraction of sp³-hybridized carbons (Fsp3) is 0.379. The van der Waals surface area contributed by atoms with Crippen LogP contribution >= 0.6 is 9.24 Å². The highest BCUT2D eigenvalue weighted by molar-refractivity contribution is 7.22. The van der Waals surface area contributed by atoms with Crippen molar-refractivity contribution >= 4 is 21.5 Å². The molecule has 1 aliphatic rings. The summed E-state index contributed by atoms with van der Waals surface area (Å²) in [5, 5.41) is 21.4. The van der Waals surface area contributed by atoms with E-state index < -0.39 is 5.97 Å². The van der Waals surface area contributed by atoms with E-state index in [1.165, 1.54) is 19.1 Å². The molecule has 1 rings (SSSR count). The van der Waals surface area contributed by atoms with Crippen LogP contribution in [0.25, 0.3) is 0 Å². The second kappa shape index (κ2) is 21.0. The second-order valence-electron chi connectivity index (χ2n) is 7.95. The van der Waals surface area contributed by atoms with Crippen LogP contribution < -0.4 is 5.32 Å². The summed E-state index contributed by atoms with van der Waals surface area (Å²) >= 11 is 0. The number of aliphatic imine (C=N–C) groups is 1. The van der Waals surface area contributed by atoms with E-state index >= 15 is 0 Å². The van der Waals surface area contributed by atoms with Gasteiger partial charge in [-0.3, -0.25) is 4.99 Å². The van der Waals surface area contributed by atoms with E-state index in [0.29, 0.717) is 24.1 Å². The van der Waals surface area contributed by atoms with Crippen molar-refractivity contribution in [2.24, 2.45) is 4.99 Å². The van der Waals surface area contributed by atoms with Gasteiger partial charge in [0, 0.05) is 19.3 Å². The minimum absolute atomic E-state index is 0.0337. The van der Waals surface area contributed by atoms with Crippen LogP contribution in [0.2, 0.25) is 0 Å². The number of carbonyl (C=O) groups is 1. The van der Waals surface area contributed by atoms with Gasteiger partial charge in [-0.15, -0.1) is 9.24 Å². The van der Waals surface area contributed by atoms with Crippen LogP contribution in [0.1, 0.15) is 54.9 Å². The van der Waals surface area contributed by atoms with Gasteiger partial charge in [0.25, 0.3) is 0 Å². The minimum atomic E-state index is -1.07. The Labute approximate surface area is 225 Å². The predicted octanol–water partition coefficient (Wildman–Crippen LogP) is 7.37. The maximum absolute atomic E-state index is 14.5. The third-order valence-corrected chi connectivity index (χ3v) is 5.19. The molecule has 8 heteroatoms. The first kappa shape index (κ1) is 36.0. The number of aliphatic hydroxyl groups is 1. The average molecular weight is 534 g/mol. The molecule has 6 nitrogen and oxygen atoms in total. The zero-order valence-electron chi connectivity index (χ0n) is 23.5. The van der Waals surface area contributed by atoms with E-state index in [-0.39, 0.29) is 23.2 Å². The molecule has 2 atom stereocenters. The Bertz CT molecular complexity index is 982. The molecule has 0 aromatic carbocycles. The molecule has 0 aromatic heterocycles. The summed E-state index contributed by atoms with van der Waals surface area (Å²) in [6, 6.07) is -0.0795. The van der Waals surface area contributed by atoms with Crippen LogP contribution in [0.5, 0.6) is 0 Å². The van der Waals surface area contributed by atoms with Gasteiger partial charge in [-0.1, -0.05) is 44.2 Å². The van der Waals surface area contributed by atoms with E-state index in [0.717, 1.165) is 10.9 Å². The number of aliphatic hydroxyl groups excluding tert-OH is 1. The van der Waals surface area contributed by atoms with Gasteiger partial charge in [-0.2, -0.15) is 0 Å². The number of allylic oxidation sites excluding steroid dienone is 9. The van der Waals surface area contributed by atoms with Gasteiger partial charge in [-0.25, -0.2) is 9.18 Å². The Morgan fingerprint density at radius 2 is 1.92 bits per heavy atom. The van der Waals surface area contributed by atoms with Gasteiger partial charge in [-0.05, 0) is 81.9 Å². The molecule has 0 amide bonds. The molecule has 0 aromatic rings. The first-order chi connectivity index (χ1) is 17.4. The van der Waals surface area contributed by atoms with Crippen molar-refractivity contribution < 1.29 is 19.4 Å². The van der Waals surface area contributed by atoms with Crippen molar-refractivity contribution in [1.29, 1.82) is 0 Å². The third kappa shape index (κ3) is 17.0. The number of hydrogen-bond donors (Lipinski definition) is 3. The van der Waals surface area contributed by atoms with Crippen LogP contribution in [0, 0.1) is 0 Å². The highest BCUT2D eigenvalue weighted by Gasteiger charge is 2.11. The number of nitrogens with one attached hydrogen (secondary N) is 1. The summed E-state index contributed by atoms with van der Waals surface area (Å²) in [5.41, 5.74) is 2.37. The van der Waals surface area contributed by atoms with Crippen molar-refractivity contribution in [2.45, 2.75) is 60.9 Å². The summed E-state index contributed by atoms with van der Waals surface area (Å²) in [5.74, 6) is -1.28. The number of nitrogens with zero attached hydrogens (tertiary/aromatic N) is 2. The second-order valence-corrected chi connectivity index (χ2v) is 8.65. The van der Waals surface area contributed by atoms with E-state index in [1.54, 1.807) is 19.3 Å². The van der Waals surface area contributed by atoms with Gasteiger partial charge in [0.15, 0.2) is 0 Å². The molecule has 3 N–H and O–H groups in total. The summed E-state index contributed by atoms with van der Waals surface area (Å²) < 4.78 is 14.5. The minimum Gasteiger partial charge on any atom is -0.513 e. The molecule has 1 heterocycles. The molecular weight excluding hydrogens is 488 g/mol. The molecular formula is C29H45FN3O3P. The summed E-state index contributed by atoms with van der Waals surface area (Å²) in [6.07, 6.45) is 16.4. The summed E-state index contributed by atoms with van der Waals surface area (Å²) in [4.78, 5) is 16.8. The molecule has 0 fully saturated rings. The Morgan fingerprint density at radius 1 is 1.30 bits per heavy atom. The van der Waals surface area contributed by atoms with Crippen molar-refractivity contribution in [3.63, 3.8) is 0 Å². The number of rotatable bonds is 8. The van der Waals surface area contributed by atoms with Gasteiger partial charge in [0.05, 0.1) is 24.2 Å². The van der Waals surface area contributed by atoms with Crippen LogP contribution in [0.3, 0.4) is 0 Å². The number of carboxylic acid groups (broad SMARTS) is 1. The fourth-order valence-electron chi connectivity index (χ4n) is 2.67. The molecule has 0 radical (unpaired) electrons. The first-order valence-corrected chi connectivity index (χ1v) is 12.7. The normalized spacial score (nSPS) is 20.6. The SMILES string of the molecule is C/C=C/N(C)/C=C\C(C)=C\CC1=C(\P)CN=CNC(C)/C=C\1F.C=C/C(C)=C(\C=C(/C)O)C(=O)O.CC. The Balaban J connectivity index is 0. The monoisotopic (exact) mass is 533 g/mol. The average Bonchev–Trinajstić information content (AvgIpc) is 2.90. The highest BCUT2D eigenvalue weighted by Crippen LogP contribution is 2.26. The summed E-state index contributed by atoms with van der Waals surface area (Å²) in [6.45, 7) is 16.8. The van der Waals surface area contributed by atoms with Crippen molar-refractivity contribution in [2.75, 3.05) is 13.6 Å². The lowest BCUT2D eigenvalue weighted by molar-refractivity contribution is -0.132. The Hall–Kier alpha value is -3.18. The third-order valence-electron chi connectivity index (χ3n) is 4.66. The van der Waals surface area contributed by atoms with Gasteiger partial charge >= 0.3 is 5.97 Å². The number of carboxylic acids is 1. The Morgan fingerprint density at radius 3 is 2.43 bits per heavy atom. The van der Waals surface area contributed by atoms with E-state index in [1.807, 2.05) is 77.2 Å². The van der Waals surface area contributed by atoms with Gasteiger partial charge < -0.3 is 20.4 Å². The molecule has 1 aliphatic heterocycles. The van der Waals surface area contributed by atoms with Crippen molar-refractivity contribution in [1.82, 2.24) is 10.2 Å². The number of aliphatic carboxylic acids is 1. The maximum atomic E-state index is 14.5. The number of halogens is 1. The quantitative estimate of drug-likeness (QED) is 0.131. The van der Waals surface area contributed by atoms with Crippen LogP contribution in [-0.2, 0) is 4.79 Å². The number of hydrogen-bond acceptors (Lipinski definition) is 5. The standard InChI is InChI=1S/C18H27FN3P.C9H12O3.C2H6/c1-5-9-22(4)10-8-14(2)6-7-16-17(19)11-15(3)21-13-20-12-18(16)23;1-4-6(2)8(9(11)12)5-7(3)10;1-2/h5-6,8-11,13,15H,7,12,23H2,1-4H3,(H,20,21);4-5,10H,1H2,2-3H3,(H,11,12);1-2H3/b9-5+,10-8-,14-6+,17-11+,18-16+;7-5+,8-6+;. The maximum Gasteiger partial charge on any atom is 0.336 e. The first-order valence-electron chi connectivity index (χ1n) is 12.2. The topological polar surface area (TPSA) is 85.2 Å². The van der Waals surface area contributed by atoms with Gasteiger partial charge in [0.1, 0.15) is 5.83 Å². The molecule has 0 saturated heterocycles. The van der Waals surface area contributed by atoms with E-state index in [4.69, 9.17) is 10.2 Å². The largest absolute Gasteiger partial charge is 0.513 e. The molecule has 206 valence electrons. The smallest absolute Gasteiger partial charge is 0.336 e. The molecule has 0 spiro atoms. The molecule has 37 heavy (non-hydrogen) atoms. The fourth-order valence-corrected chi connectivity index (χ4v) is 3.04. The molecule has 2 unspecified atom stereocenters. The van der Waals surface area contributed by atoms with Crippen LogP contribution in [-0.4, -0.2) is 47.1 Å². The summed E-state index contributed by atoms with van der Waals surface area (Å²) in [7, 11) is 4.59. The van der Waals surface area contributed by atoms with Crippen molar-refractivity contribution in [3.05, 3.63) is 94.6 Å². The molecule has 0 saturated carbocycles. The van der Waals surface area contributed by atoms with E-state index in [9.17, 15) is 9.18 Å². The van der Waals surface area contributed by atoms with Gasteiger partial charge in [0.2, 0.25) is 0 Å². The lowest BCUT2D eigenvalue weighted by Crippen LogP contribution is -2.22. The predicted molar refractivity (Wildman–Crippen MR) is 160 cm³/mol. The molecule has 0 bridgehead atoms. The zero-order chi connectivity index (χ0) is 29.0. The lowest BCUT2D eigenvalue weighted by Gasteiger charge is -2.09. The molecule has 0 aliphatic carbocycles. The highest BCUT2D eigenvalue weighted by atomic mass is 31.0. The Kier molecular flexibility index (Phi) is 20.4. The van der Waals surface area contributed by atoms with Crippen molar-refractivity contribution in [3.8, 4) is 0 Å².